The molecule has 0 aliphatic heterocycles. The number of fused-ring (bicyclic) bond motifs is 1. The van der Waals surface area contributed by atoms with Crippen LogP contribution < -0.4 is 5.32 Å². The summed E-state index contributed by atoms with van der Waals surface area (Å²) >= 11 is 3.18. The Labute approximate surface area is 129 Å². The van der Waals surface area contributed by atoms with E-state index in [1.54, 1.807) is 12.1 Å². The largest absolute Gasteiger partial charge is 0.351 e. The van der Waals surface area contributed by atoms with Gasteiger partial charge < -0.3 is 10.3 Å². The molecule has 0 fully saturated rings. The molecule has 3 rings (SSSR count). The molecule has 1 heterocycles. The average Bonchev–Trinajstić information content (AvgIpc) is 2.85. The number of halogens is 2. The van der Waals surface area contributed by atoms with E-state index >= 15 is 0 Å². The minimum Gasteiger partial charge on any atom is -0.351 e. The second-order valence-corrected chi connectivity index (χ2v) is 5.77. The highest BCUT2D eigenvalue weighted by molar-refractivity contribution is 9.10. The molecule has 5 heteroatoms. The van der Waals surface area contributed by atoms with Crippen LogP contribution in [0.15, 0.2) is 46.9 Å². The van der Waals surface area contributed by atoms with Gasteiger partial charge in [-0.25, -0.2) is 4.39 Å². The van der Waals surface area contributed by atoms with Crippen LogP contribution >= 0.6 is 15.9 Å². The van der Waals surface area contributed by atoms with E-state index in [-0.39, 0.29) is 11.6 Å². The summed E-state index contributed by atoms with van der Waals surface area (Å²) in [5.41, 5.74) is 2.54. The first-order chi connectivity index (χ1) is 10.0. The minimum absolute atomic E-state index is 0.151. The van der Waals surface area contributed by atoms with Crippen LogP contribution in [0, 0.1) is 12.7 Å². The summed E-state index contributed by atoms with van der Waals surface area (Å²) < 4.78 is 14.4. The third-order valence-corrected chi connectivity index (χ3v) is 3.70. The standard InChI is InChI=1S/C16H12BrFN2O/c1-9-2-3-10-7-15(19-14(10)6-9)16(21)20-13-5-4-11(17)8-12(13)18/h2-8,19H,1H3,(H,20,21). The average molecular weight is 347 g/mol. The molecule has 21 heavy (non-hydrogen) atoms. The van der Waals surface area contributed by atoms with E-state index in [0.29, 0.717) is 10.2 Å². The van der Waals surface area contributed by atoms with Gasteiger partial charge in [-0.05, 0) is 42.8 Å². The SMILES string of the molecule is Cc1ccc2cc(C(=O)Nc3ccc(Br)cc3F)[nH]c2c1. The lowest BCUT2D eigenvalue weighted by atomic mass is 10.2. The second kappa shape index (κ2) is 5.33. The van der Waals surface area contributed by atoms with Gasteiger partial charge in [-0.3, -0.25) is 4.79 Å². The van der Waals surface area contributed by atoms with E-state index in [1.807, 2.05) is 25.1 Å². The molecule has 0 atom stereocenters. The Hall–Kier alpha value is -2.14. The van der Waals surface area contributed by atoms with Crippen LogP contribution in [0.3, 0.4) is 0 Å². The van der Waals surface area contributed by atoms with Crippen LogP contribution in [-0.4, -0.2) is 10.9 Å². The van der Waals surface area contributed by atoms with Crippen LogP contribution in [0.5, 0.6) is 0 Å². The van der Waals surface area contributed by atoms with Crippen molar-refractivity contribution in [1.82, 2.24) is 4.98 Å². The van der Waals surface area contributed by atoms with Gasteiger partial charge in [0, 0.05) is 15.4 Å². The van der Waals surface area contributed by atoms with Gasteiger partial charge in [-0.15, -0.1) is 0 Å². The van der Waals surface area contributed by atoms with E-state index in [2.05, 4.69) is 26.2 Å². The summed E-state index contributed by atoms with van der Waals surface area (Å²) in [5.74, 6) is -0.852. The van der Waals surface area contributed by atoms with Crippen LogP contribution in [0.4, 0.5) is 10.1 Å². The maximum Gasteiger partial charge on any atom is 0.272 e. The van der Waals surface area contributed by atoms with Crippen molar-refractivity contribution in [2.45, 2.75) is 6.92 Å². The normalized spacial score (nSPS) is 10.8. The molecule has 0 unspecified atom stereocenters. The van der Waals surface area contributed by atoms with Crippen LogP contribution in [0.25, 0.3) is 10.9 Å². The summed E-state index contributed by atoms with van der Waals surface area (Å²) in [6, 6.07) is 12.1. The van der Waals surface area contributed by atoms with Gasteiger partial charge in [0.05, 0.1) is 5.69 Å². The number of aryl methyl sites for hydroxylation is 1. The lowest BCUT2D eigenvalue weighted by Gasteiger charge is -2.05. The van der Waals surface area contributed by atoms with E-state index in [1.165, 1.54) is 12.1 Å². The van der Waals surface area contributed by atoms with Crippen molar-refractivity contribution < 1.29 is 9.18 Å². The molecule has 0 saturated heterocycles. The Morgan fingerprint density at radius 1 is 1.19 bits per heavy atom. The van der Waals surface area contributed by atoms with Crippen molar-refractivity contribution in [3.8, 4) is 0 Å². The fraction of sp³-hybridized carbons (Fsp3) is 0.0625. The zero-order chi connectivity index (χ0) is 15.0. The fourth-order valence-corrected chi connectivity index (χ4v) is 2.48. The molecular formula is C16H12BrFN2O. The molecule has 3 nitrogen and oxygen atoms in total. The molecule has 0 aliphatic rings. The quantitative estimate of drug-likeness (QED) is 0.698. The first-order valence-electron chi connectivity index (χ1n) is 6.39. The molecule has 2 aromatic carbocycles. The predicted octanol–water partition coefficient (Wildman–Crippen LogP) is 4.63. The van der Waals surface area contributed by atoms with Crippen LogP contribution in [0.2, 0.25) is 0 Å². The second-order valence-electron chi connectivity index (χ2n) is 4.85. The van der Waals surface area contributed by atoms with Crippen molar-refractivity contribution in [1.29, 1.82) is 0 Å². The van der Waals surface area contributed by atoms with Crippen molar-refractivity contribution in [2.75, 3.05) is 5.32 Å². The number of hydrogen-bond acceptors (Lipinski definition) is 1. The highest BCUT2D eigenvalue weighted by Crippen LogP contribution is 2.21. The number of H-pyrrole nitrogens is 1. The topological polar surface area (TPSA) is 44.9 Å². The van der Waals surface area contributed by atoms with E-state index in [0.717, 1.165) is 16.5 Å². The lowest BCUT2D eigenvalue weighted by Crippen LogP contribution is -2.13. The number of nitrogens with one attached hydrogen (secondary N) is 2. The molecule has 1 aromatic heterocycles. The summed E-state index contributed by atoms with van der Waals surface area (Å²) in [5, 5.41) is 3.51. The maximum absolute atomic E-state index is 13.7. The monoisotopic (exact) mass is 346 g/mol. The highest BCUT2D eigenvalue weighted by Gasteiger charge is 2.12. The highest BCUT2D eigenvalue weighted by atomic mass is 79.9. The number of amides is 1. The molecule has 0 bridgehead atoms. The van der Waals surface area contributed by atoms with Gasteiger partial charge in [-0.1, -0.05) is 28.1 Å². The van der Waals surface area contributed by atoms with Gasteiger partial charge in [0.2, 0.25) is 0 Å². The molecule has 0 saturated carbocycles. The number of rotatable bonds is 2. The number of aromatic amines is 1. The Morgan fingerprint density at radius 2 is 2.00 bits per heavy atom. The van der Waals surface area contributed by atoms with E-state index in [4.69, 9.17) is 0 Å². The summed E-state index contributed by atoms with van der Waals surface area (Å²) in [6.45, 7) is 1.98. The van der Waals surface area contributed by atoms with Crippen molar-refractivity contribution in [3.05, 3.63) is 64.0 Å². The zero-order valence-electron chi connectivity index (χ0n) is 11.2. The van der Waals surface area contributed by atoms with Gasteiger partial charge in [0.15, 0.2) is 0 Å². The van der Waals surface area contributed by atoms with Crippen LogP contribution in [0.1, 0.15) is 16.1 Å². The number of benzene rings is 2. The number of hydrogen-bond donors (Lipinski definition) is 2. The molecule has 0 aliphatic carbocycles. The Morgan fingerprint density at radius 3 is 2.76 bits per heavy atom. The number of aromatic nitrogens is 1. The van der Waals surface area contributed by atoms with Crippen molar-refractivity contribution in [3.63, 3.8) is 0 Å². The minimum atomic E-state index is -0.482. The number of carbonyl (C=O) groups excluding carboxylic acids is 1. The van der Waals surface area contributed by atoms with Crippen molar-refractivity contribution in [2.24, 2.45) is 0 Å². The van der Waals surface area contributed by atoms with Crippen molar-refractivity contribution >= 4 is 38.4 Å². The first kappa shape index (κ1) is 13.8. The maximum atomic E-state index is 13.7. The molecular weight excluding hydrogens is 335 g/mol. The van der Waals surface area contributed by atoms with Gasteiger partial charge in [-0.2, -0.15) is 0 Å². The van der Waals surface area contributed by atoms with E-state index < -0.39 is 5.82 Å². The fourth-order valence-electron chi connectivity index (χ4n) is 2.14. The van der Waals surface area contributed by atoms with Gasteiger partial charge >= 0.3 is 0 Å². The molecule has 3 aromatic rings. The van der Waals surface area contributed by atoms with Gasteiger partial charge in [0.25, 0.3) is 5.91 Å². The van der Waals surface area contributed by atoms with Crippen LogP contribution in [-0.2, 0) is 0 Å². The Kier molecular flexibility index (Phi) is 3.51. The van der Waals surface area contributed by atoms with Gasteiger partial charge in [0.1, 0.15) is 11.5 Å². The summed E-state index contributed by atoms with van der Waals surface area (Å²) in [6.07, 6.45) is 0. The molecule has 2 N–H and O–H groups in total. The third kappa shape index (κ3) is 2.83. The summed E-state index contributed by atoms with van der Waals surface area (Å²) in [4.78, 5) is 15.2. The predicted molar refractivity (Wildman–Crippen MR) is 85.1 cm³/mol. The summed E-state index contributed by atoms with van der Waals surface area (Å²) in [7, 11) is 0. The first-order valence-corrected chi connectivity index (χ1v) is 7.18. The number of carbonyl (C=O) groups is 1. The number of anilines is 1. The molecule has 0 radical (unpaired) electrons. The Bertz CT molecular complexity index is 841. The smallest absolute Gasteiger partial charge is 0.272 e. The molecule has 0 spiro atoms. The molecule has 106 valence electrons. The molecule has 1 amide bonds. The Balaban J connectivity index is 1.89. The lowest BCUT2D eigenvalue weighted by molar-refractivity contribution is 0.102. The third-order valence-electron chi connectivity index (χ3n) is 3.20. The zero-order valence-corrected chi connectivity index (χ0v) is 12.8. The van der Waals surface area contributed by atoms with E-state index in [9.17, 15) is 9.18 Å².